The minimum atomic E-state index is -4.28. The first-order valence-electron chi connectivity index (χ1n) is 16.9. The zero-order chi connectivity index (χ0) is 36.7. The van der Waals surface area contributed by atoms with E-state index in [0.717, 1.165) is 18.5 Å². The molecule has 0 spiro atoms. The number of ether oxygens (including phenoxy) is 3. The second-order valence-corrected chi connectivity index (χ2v) is 6.51. The Hall–Kier alpha value is -2.32. The molecule has 0 unspecified atom stereocenters. The Morgan fingerprint density at radius 2 is 2.06 bits per heavy atom. The Morgan fingerprint density at radius 1 is 1.19 bits per heavy atom. The van der Waals surface area contributed by atoms with E-state index in [0.29, 0.717) is 5.69 Å². The number of methoxy groups -OCH3 is 1. The third kappa shape index (κ3) is 5.49. The highest BCUT2D eigenvalue weighted by atomic mass is 35.5. The smallest absolute Gasteiger partial charge is 0.162 e. The van der Waals surface area contributed by atoms with Gasteiger partial charge in [0.2, 0.25) is 0 Å². The lowest BCUT2D eigenvalue weighted by Crippen LogP contribution is -2.37. The van der Waals surface area contributed by atoms with Crippen molar-refractivity contribution < 1.29 is 37.5 Å². The molecule has 0 bridgehead atoms. The van der Waals surface area contributed by atoms with Gasteiger partial charge in [0.25, 0.3) is 0 Å². The van der Waals surface area contributed by atoms with Gasteiger partial charge in [-0.1, -0.05) is 23.2 Å². The summed E-state index contributed by atoms with van der Waals surface area (Å²) in [6, 6.07) is 6.33. The minimum Gasteiger partial charge on any atom is -0.493 e. The van der Waals surface area contributed by atoms with Gasteiger partial charge in [0.05, 0.1) is 54.6 Å². The highest BCUT2D eigenvalue weighted by Gasteiger charge is 2.13. The van der Waals surface area contributed by atoms with Crippen LogP contribution in [0, 0.1) is 0 Å². The van der Waals surface area contributed by atoms with Crippen LogP contribution < -0.4 is 14.8 Å². The summed E-state index contributed by atoms with van der Waals surface area (Å²) in [6.07, 6.45) is -3.14. The number of nitrogens with zero attached hydrogens (tertiary/aromatic N) is 3. The van der Waals surface area contributed by atoms with Gasteiger partial charge in [-0.05, 0) is 30.6 Å². The molecule has 7 nitrogen and oxygen atoms in total. The van der Waals surface area contributed by atoms with Crippen molar-refractivity contribution in [1.29, 1.82) is 0 Å². The summed E-state index contributed by atoms with van der Waals surface area (Å²) < 4.78 is 152. The second kappa shape index (κ2) is 10.3. The molecule has 0 amide bonds. The number of aromatic nitrogens is 2. The molecular weight excluding hydrogens is 439 g/mol. The van der Waals surface area contributed by atoms with Crippen molar-refractivity contribution >= 4 is 45.6 Å². The quantitative estimate of drug-likeness (QED) is 0.497. The summed E-state index contributed by atoms with van der Waals surface area (Å²) in [5.41, 5.74) is 0.348. The summed E-state index contributed by atoms with van der Waals surface area (Å²) in [7, 11) is -3.20. The van der Waals surface area contributed by atoms with E-state index in [1.165, 1.54) is 18.2 Å². The van der Waals surface area contributed by atoms with Crippen molar-refractivity contribution in [2.24, 2.45) is 0 Å². The molecule has 1 aliphatic heterocycles. The van der Waals surface area contributed by atoms with Crippen LogP contribution in [0.15, 0.2) is 36.7 Å². The molecule has 1 fully saturated rings. The molecule has 1 aliphatic rings. The Labute approximate surface area is 215 Å². The number of fused-ring (bicyclic) bond motifs is 1. The van der Waals surface area contributed by atoms with Crippen molar-refractivity contribution in [3.8, 4) is 11.5 Å². The van der Waals surface area contributed by atoms with Gasteiger partial charge in [-0.15, -0.1) is 0 Å². The third-order valence-corrected chi connectivity index (χ3v) is 4.53. The lowest BCUT2D eigenvalue weighted by atomic mass is 10.2. The van der Waals surface area contributed by atoms with Gasteiger partial charge in [-0.3, -0.25) is 4.90 Å². The highest BCUT2D eigenvalue weighted by molar-refractivity contribution is 6.42. The molecule has 164 valence electrons. The monoisotopic (exact) mass is 479 g/mol. The van der Waals surface area contributed by atoms with E-state index < -0.39 is 69.0 Å². The number of rotatable bonds is 8. The van der Waals surface area contributed by atoms with Gasteiger partial charge in [-0.25, -0.2) is 9.97 Å². The zero-order valence-corrected chi connectivity index (χ0v) is 16.8. The number of halogens is 2. The summed E-state index contributed by atoms with van der Waals surface area (Å²) >= 11 is 12.0. The number of hydrogen-bond donors (Lipinski definition) is 1. The van der Waals surface area contributed by atoms with E-state index in [-0.39, 0.29) is 26.8 Å². The molecular formula is C22H24Cl2N4O3. The Kier molecular flexibility index (Phi) is 3.09. The van der Waals surface area contributed by atoms with Gasteiger partial charge in [-0.2, -0.15) is 0 Å². The number of hydrogen-bond acceptors (Lipinski definition) is 7. The summed E-state index contributed by atoms with van der Waals surface area (Å²) in [6.45, 7) is -23.8. The van der Waals surface area contributed by atoms with Crippen molar-refractivity contribution in [2.45, 2.75) is 6.37 Å². The molecule has 0 radical (unpaired) electrons. The molecule has 1 saturated heterocycles. The van der Waals surface area contributed by atoms with Gasteiger partial charge >= 0.3 is 0 Å². The fraction of sp³-hybridized carbons (Fsp3) is 0.364. The van der Waals surface area contributed by atoms with E-state index >= 15 is 0 Å². The largest absolute Gasteiger partial charge is 0.493 e. The van der Waals surface area contributed by atoms with E-state index in [9.17, 15) is 0 Å². The van der Waals surface area contributed by atoms with Crippen molar-refractivity contribution in [3.63, 3.8) is 0 Å². The Balaban J connectivity index is 1.86. The van der Waals surface area contributed by atoms with Gasteiger partial charge in [0.1, 0.15) is 12.1 Å². The van der Waals surface area contributed by atoms with E-state index in [2.05, 4.69) is 20.0 Å². The first-order valence-corrected chi connectivity index (χ1v) is 9.14. The van der Waals surface area contributed by atoms with E-state index in [4.69, 9.17) is 56.0 Å². The molecule has 1 aromatic heterocycles. The maximum absolute atomic E-state index is 8.49. The van der Waals surface area contributed by atoms with E-state index in [1.807, 2.05) is 0 Å². The lowest BCUT2D eigenvalue weighted by Gasteiger charge is -2.26. The molecule has 31 heavy (non-hydrogen) atoms. The fourth-order valence-corrected chi connectivity index (χ4v) is 2.74. The molecule has 0 aliphatic carbocycles. The molecule has 1 N–H and O–H groups in total. The van der Waals surface area contributed by atoms with Crippen LogP contribution in [0.1, 0.15) is 29.7 Å². The van der Waals surface area contributed by atoms with Crippen molar-refractivity contribution in [1.82, 2.24) is 14.9 Å². The van der Waals surface area contributed by atoms with Crippen LogP contribution in [0.4, 0.5) is 11.5 Å². The first kappa shape index (κ1) is 9.27. The maximum Gasteiger partial charge on any atom is 0.162 e. The number of morpholine rings is 1. The number of benzene rings is 2. The Morgan fingerprint density at radius 3 is 2.87 bits per heavy atom. The normalized spacial score (nSPS) is 31.0. The molecule has 2 aromatic carbocycles. The molecule has 0 atom stereocenters. The third-order valence-electron chi connectivity index (χ3n) is 3.79. The predicted molar refractivity (Wildman–Crippen MR) is 123 cm³/mol. The van der Waals surface area contributed by atoms with Crippen LogP contribution >= 0.6 is 23.2 Å². The second-order valence-electron chi connectivity index (χ2n) is 5.70. The summed E-state index contributed by atoms with van der Waals surface area (Å²) in [5.74, 6) is -1.61. The van der Waals surface area contributed by atoms with Crippen molar-refractivity contribution in [3.05, 3.63) is 46.7 Å². The number of anilines is 2. The van der Waals surface area contributed by atoms with Crippen LogP contribution in [0.5, 0.6) is 11.5 Å². The SMILES string of the molecule is [2H]C([2H])([2H])Oc1cc2ncnc(Nc3ccc(Cl)c(Cl)c3)c2cc1OC([2H])([2H])C([2H])([2H])C([2H])([2H])N1C([2H])([2H])C([2H])([2H])OC([2H])([2H])C1([2H])[2H]. The van der Waals surface area contributed by atoms with Gasteiger partial charge in [0.15, 0.2) is 11.5 Å². The van der Waals surface area contributed by atoms with Crippen LogP contribution in [-0.2, 0) is 4.74 Å². The van der Waals surface area contributed by atoms with Crippen LogP contribution in [0.3, 0.4) is 0 Å². The van der Waals surface area contributed by atoms with Crippen LogP contribution in [-0.4, -0.2) is 61.1 Å². The number of nitrogens with one attached hydrogen (secondary N) is 1. The maximum atomic E-state index is 8.49. The molecule has 0 saturated carbocycles. The standard InChI is InChI=1S/C22H24Cl2N4O3/c1-29-20-13-19-16(12-21(20)31-8-2-5-28-6-9-30-10-7-28)22(26-14-25-19)27-15-3-4-17(23)18(24)11-15/h3-4,11-14H,2,5-10H2,1H3,(H,25,26,27)/i1D3,2D2,5D2,6D2,7D2,8D2,9D2,10D2. The van der Waals surface area contributed by atoms with Gasteiger partial charge in [0, 0.05) is 47.6 Å². The topological polar surface area (TPSA) is 68.7 Å². The van der Waals surface area contributed by atoms with Crippen molar-refractivity contribution in [2.75, 3.05) is 51.5 Å². The van der Waals surface area contributed by atoms with Crippen LogP contribution in [0.2, 0.25) is 10.0 Å². The Bertz CT molecular complexity index is 1700. The average molecular weight is 480 g/mol. The predicted octanol–water partition coefficient (Wildman–Crippen LogP) is 4.79. The molecule has 4 rings (SSSR count). The molecule has 9 heteroatoms. The molecule has 2 heterocycles. The fourth-order valence-electron chi connectivity index (χ4n) is 2.44. The first-order chi connectivity index (χ1) is 21.5. The minimum absolute atomic E-state index is 0.00162. The van der Waals surface area contributed by atoms with E-state index in [1.54, 1.807) is 0 Å². The zero-order valence-electron chi connectivity index (χ0n) is 32.3. The molecule has 3 aromatic rings. The van der Waals surface area contributed by atoms with Gasteiger partial charge < -0.3 is 19.5 Å². The van der Waals surface area contributed by atoms with Crippen LogP contribution in [0.25, 0.3) is 10.9 Å². The average Bonchev–Trinajstić information content (AvgIpc) is 2.88. The highest BCUT2D eigenvalue weighted by Crippen LogP contribution is 2.35. The summed E-state index contributed by atoms with van der Waals surface area (Å²) in [5, 5.41) is 3.30. The lowest BCUT2D eigenvalue weighted by molar-refractivity contribution is 0.0357. The summed E-state index contributed by atoms with van der Waals surface area (Å²) in [4.78, 5) is 7.36.